The molecule has 4 nitrogen and oxygen atoms in total. The second-order valence-corrected chi connectivity index (χ2v) is 8.53. The van der Waals surface area contributed by atoms with Gasteiger partial charge in [-0.25, -0.2) is 12.8 Å². The molecule has 2 atom stereocenters. The van der Waals surface area contributed by atoms with Crippen LogP contribution in [0.2, 0.25) is 0 Å². The Hall–Kier alpha value is -0.660. The van der Waals surface area contributed by atoms with Gasteiger partial charge in [0.05, 0.1) is 10.2 Å². The van der Waals surface area contributed by atoms with Crippen LogP contribution in [0.4, 0.5) is 10.1 Å². The predicted molar refractivity (Wildman–Crippen MR) is 82.8 cm³/mol. The molecule has 1 aromatic carbocycles. The van der Waals surface area contributed by atoms with Gasteiger partial charge in [0, 0.05) is 12.6 Å². The summed E-state index contributed by atoms with van der Waals surface area (Å²) in [5.74, 6) is -0.0949. The van der Waals surface area contributed by atoms with Gasteiger partial charge in [-0.3, -0.25) is 0 Å². The topological polar surface area (TPSA) is 63.4 Å². The minimum Gasteiger partial charge on any atom is -0.398 e. The van der Waals surface area contributed by atoms with Gasteiger partial charge in [-0.05, 0) is 59.7 Å². The lowest BCUT2D eigenvalue weighted by Crippen LogP contribution is -2.46. The van der Waals surface area contributed by atoms with E-state index in [-0.39, 0.29) is 21.1 Å². The maximum Gasteiger partial charge on any atom is 0.245 e. The van der Waals surface area contributed by atoms with Gasteiger partial charge in [0.15, 0.2) is 0 Å². The highest BCUT2D eigenvalue weighted by molar-refractivity contribution is 9.10. The highest BCUT2D eigenvalue weighted by Crippen LogP contribution is 2.40. The first-order valence-electron chi connectivity index (χ1n) is 7.17. The van der Waals surface area contributed by atoms with Crippen LogP contribution in [0.15, 0.2) is 21.5 Å². The second kappa shape index (κ2) is 5.52. The van der Waals surface area contributed by atoms with Crippen molar-refractivity contribution in [2.45, 2.75) is 43.0 Å². The Kier molecular flexibility index (Phi) is 4.00. The summed E-state index contributed by atoms with van der Waals surface area (Å²) in [5.41, 5.74) is 5.72. The molecule has 116 valence electrons. The van der Waals surface area contributed by atoms with Crippen molar-refractivity contribution in [1.82, 2.24) is 4.31 Å². The standard InChI is InChI=1S/C14H18BrFN2O2S/c15-10-7-14(12(17)8-11(10)16)21(19,20)18-6-2-4-9-3-1-5-13(9)18/h7-9,13H,1-6,17H2. The van der Waals surface area contributed by atoms with E-state index in [1.54, 1.807) is 4.31 Å². The molecule has 21 heavy (non-hydrogen) atoms. The molecule has 2 unspecified atom stereocenters. The van der Waals surface area contributed by atoms with E-state index < -0.39 is 15.8 Å². The average molecular weight is 377 g/mol. The molecule has 2 fully saturated rings. The number of halogens is 2. The van der Waals surface area contributed by atoms with Crippen molar-refractivity contribution < 1.29 is 12.8 Å². The molecule has 1 aliphatic carbocycles. The molecule has 2 aliphatic rings. The van der Waals surface area contributed by atoms with E-state index >= 15 is 0 Å². The second-order valence-electron chi connectivity index (χ2n) is 5.82. The molecule has 0 aromatic heterocycles. The molecule has 1 aliphatic heterocycles. The number of nitrogen functional groups attached to an aromatic ring is 1. The number of hydrogen-bond donors (Lipinski definition) is 1. The first-order chi connectivity index (χ1) is 9.91. The van der Waals surface area contributed by atoms with E-state index in [0.29, 0.717) is 12.5 Å². The van der Waals surface area contributed by atoms with Gasteiger partial charge in [-0.1, -0.05) is 6.42 Å². The molecule has 0 amide bonds. The van der Waals surface area contributed by atoms with Crippen molar-refractivity contribution in [3.05, 3.63) is 22.4 Å². The number of anilines is 1. The van der Waals surface area contributed by atoms with Crippen molar-refractivity contribution in [2.24, 2.45) is 5.92 Å². The van der Waals surface area contributed by atoms with Crippen molar-refractivity contribution >= 4 is 31.6 Å². The smallest absolute Gasteiger partial charge is 0.245 e. The summed E-state index contributed by atoms with van der Waals surface area (Å²) in [6, 6.07) is 2.41. The van der Waals surface area contributed by atoms with Crippen LogP contribution in [0.5, 0.6) is 0 Å². The molecule has 2 N–H and O–H groups in total. The number of sulfonamides is 1. The summed E-state index contributed by atoms with van der Waals surface area (Å²) in [4.78, 5) is 0.00308. The Bertz CT molecular complexity index is 665. The number of fused-ring (bicyclic) bond motifs is 1. The lowest BCUT2D eigenvalue weighted by Gasteiger charge is -2.36. The van der Waals surface area contributed by atoms with Crippen LogP contribution in [0.25, 0.3) is 0 Å². The molecule has 0 spiro atoms. The third kappa shape index (κ3) is 2.59. The van der Waals surface area contributed by atoms with Gasteiger partial charge in [-0.2, -0.15) is 4.31 Å². The summed E-state index contributed by atoms with van der Waals surface area (Å²) in [7, 11) is -3.67. The van der Waals surface area contributed by atoms with Crippen LogP contribution in [0, 0.1) is 11.7 Å². The van der Waals surface area contributed by atoms with Crippen LogP contribution >= 0.6 is 15.9 Å². The number of piperidine rings is 1. The number of benzene rings is 1. The van der Waals surface area contributed by atoms with E-state index in [0.717, 1.165) is 38.2 Å². The van der Waals surface area contributed by atoms with Crippen LogP contribution in [-0.4, -0.2) is 25.3 Å². The van der Waals surface area contributed by atoms with E-state index in [4.69, 9.17) is 5.73 Å². The number of nitrogens with zero attached hydrogens (tertiary/aromatic N) is 1. The number of nitrogens with two attached hydrogens (primary N) is 1. The fourth-order valence-corrected chi connectivity index (χ4v) is 5.97. The van der Waals surface area contributed by atoms with Crippen LogP contribution in [0.1, 0.15) is 32.1 Å². The maximum atomic E-state index is 13.5. The summed E-state index contributed by atoms with van der Waals surface area (Å²) < 4.78 is 41.0. The normalized spacial score (nSPS) is 26.8. The Morgan fingerprint density at radius 1 is 1.24 bits per heavy atom. The Balaban J connectivity index is 2.02. The molecule has 7 heteroatoms. The van der Waals surface area contributed by atoms with E-state index in [1.165, 1.54) is 6.07 Å². The lowest BCUT2D eigenvalue weighted by molar-refractivity contribution is 0.202. The molecule has 3 rings (SSSR count). The van der Waals surface area contributed by atoms with E-state index in [2.05, 4.69) is 15.9 Å². The van der Waals surface area contributed by atoms with Crippen LogP contribution < -0.4 is 5.73 Å². The Labute approximate surface area is 132 Å². The van der Waals surface area contributed by atoms with Crippen molar-refractivity contribution in [3.63, 3.8) is 0 Å². The summed E-state index contributed by atoms with van der Waals surface area (Å²) in [6.45, 7) is 0.526. The molecule has 1 saturated heterocycles. The first-order valence-corrected chi connectivity index (χ1v) is 9.41. The lowest BCUT2D eigenvalue weighted by atomic mass is 9.94. The minimum absolute atomic E-state index is 0.00308. The fourth-order valence-electron chi connectivity index (χ4n) is 3.60. The fraction of sp³-hybridized carbons (Fsp3) is 0.571. The van der Waals surface area contributed by atoms with Crippen molar-refractivity contribution in [1.29, 1.82) is 0 Å². The molecular formula is C14H18BrFN2O2S. The van der Waals surface area contributed by atoms with Crippen LogP contribution in [-0.2, 0) is 10.0 Å². The molecule has 1 heterocycles. The third-order valence-corrected chi connectivity index (χ3v) is 7.17. The molecule has 0 radical (unpaired) electrons. The Morgan fingerprint density at radius 2 is 1.95 bits per heavy atom. The summed E-state index contributed by atoms with van der Waals surface area (Å²) in [6.07, 6.45) is 5.05. The highest BCUT2D eigenvalue weighted by Gasteiger charge is 2.41. The SMILES string of the molecule is Nc1cc(F)c(Br)cc1S(=O)(=O)N1CCCC2CCCC21. The van der Waals surface area contributed by atoms with Gasteiger partial charge < -0.3 is 5.73 Å². The van der Waals surface area contributed by atoms with Crippen LogP contribution in [0.3, 0.4) is 0 Å². The van der Waals surface area contributed by atoms with Gasteiger partial charge in [0.2, 0.25) is 10.0 Å². The summed E-state index contributed by atoms with van der Waals surface area (Å²) >= 11 is 3.04. The van der Waals surface area contributed by atoms with Crippen molar-refractivity contribution in [2.75, 3.05) is 12.3 Å². The van der Waals surface area contributed by atoms with Gasteiger partial charge in [0.25, 0.3) is 0 Å². The monoisotopic (exact) mass is 376 g/mol. The summed E-state index contributed by atoms with van der Waals surface area (Å²) in [5, 5.41) is 0. The third-order valence-electron chi connectivity index (χ3n) is 4.58. The zero-order valence-electron chi connectivity index (χ0n) is 11.6. The first kappa shape index (κ1) is 15.2. The molecule has 0 bridgehead atoms. The highest BCUT2D eigenvalue weighted by atomic mass is 79.9. The number of rotatable bonds is 2. The van der Waals surface area contributed by atoms with Gasteiger partial charge in [0.1, 0.15) is 10.7 Å². The Morgan fingerprint density at radius 3 is 2.71 bits per heavy atom. The number of hydrogen-bond acceptors (Lipinski definition) is 3. The molecular weight excluding hydrogens is 359 g/mol. The van der Waals surface area contributed by atoms with Crippen molar-refractivity contribution in [3.8, 4) is 0 Å². The zero-order chi connectivity index (χ0) is 15.2. The minimum atomic E-state index is -3.67. The molecule has 1 aromatic rings. The predicted octanol–water partition coefficient (Wildman–Crippen LogP) is 3.12. The van der Waals surface area contributed by atoms with Gasteiger partial charge in [-0.15, -0.1) is 0 Å². The average Bonchev–Trinajstić information content (AvgIpc) is 2.90. The maximum absolute atomic E-state index is 13.5. The largest absolute Gasteiger partial charge is 0.398 e. The van der Waals surface area contributed by atoms with Gasteiger partial charge >= 0.3 is 0 Å². The molecule has 1 saturated carbocycles. The van der Waals surface area contributed by atoms with E-state index in [1.807, 2.05) is 0 Å². The quantitative estimate of drug-likeness (QED) is 0.806. The zero-order valence-corrected chi connectivity index (χ0v) is 14.0. The van der Waals surface area contributed by atoms with E-state index in [9.17, 15) is 12.8 Å².